The van der Waals surface area contributed by atoms with Gasteiger partial charge >= 0.3 is 0 Å². The molecule has 0 unspecified atom stereocenters. The Kier molecular flexibility index (Phi) is 3.70. The molecule has 1 aromatic heterocycles. The van der Waals surface area contributed by atoms with Gasteiger partial charge in [0.1, 0.15) is 0 Å². The molecular weight excluding hydrogens is 411 g/mol. The number of anilines is 2. The van der Waals surface area contributed by atoms with E-state index in [1.165, 1.54) is 11.3 Å². The van der Waals surface area contributed by atoms with Crippen molar-refractivity contribution in [2.24, 2.45) is 0 Å². The van der Waals surface area contributed by atoms with Crippen LogP contribution in [0.4, 0.5) is 11.4 Å². The highest BCUT2D eigenvalue weighted by molar-refractivity contribution is 14.1. The molecule has 0 aliphatic carbocycles. The molecule has 0 saturated carbocycles. The summed E-state index contributed by atoms with van der Waals surface area (Å²) >= 11 is 9.80. The van der Waals surface area contributed by atoms with E-state index in [2.05, 4.69) is 33.2 Å². The normalized spacial score (nSPS) is 13.0. The molecule has 0 saturated heterocycles. The maximum absolute atomic E-state index is 12.1. The van der Waals surface area contributed by atoms with Crippen molar-refractivity contribution in [2.45, 2.75) is 6.42 Å². The molecule has 4 nitrogen and oxygen atoms in total. The number of halogens is 2. The summed E-state index contributed by atoms with van der Waals surface area (Å²) in [4.78, 5) is 23.4. The minimum Gasteiger partial charge on any atom is -0.325 e. The Labute approximate surface area is 137 Å². The van der Waals surface area contributed by atoms with Gasteiger partial charge in [0.15, 0.2) is 0 Å². The summed E-state index contributed by atoms with van der Waals surface area (Å²) < 4.78 is 1.04. The summed E-state index contributed by atoms with van der Waals surface area (Å²) in [5, 5.41) is 7.70. The second-order valence-corrected chi connectivity index (χ2v) is 7.52. The monoisotopic (exact) mass is 418 g/mol. The van der Waals surface area contributed by atoms with Gasteiger partial charge in [0.25, 0.3) is 5.91 Å². The van der Waals surface area contributed by atoms with Gasteiger partial charge < -0.3 is 10.6 Å². The molecule has 0 fully saturated rings. The quantitative estimate of drug-likeness (QED) is 0.730. The highest BCUT2D eigenvalue weighted by atomic mass is 127. The largest absolute Gasteiger partial charge is 0.325 e. The SMILES string of the molecule is O=C1Cc2cc(NC(=O)c3csc(I)c3)c(Cl)cc2N1. The number of carbonyl (C=O) groups excluding carboxylic acids is 2. The number of nitrogens with one attached hydrogen (secondary N) is 2. The maximum atomic E-state index is 12.1. The van der Waals surface area contributed by atoms with Crippen molar-refractivity contribution < 1.29 is 9.59 Å². The van der Waals surface area contributed by atoms with Crippen LogP contribution in [-0.4, -0.2) is 11.8 Å². The molecule has 2 amide bonds. The van der Waals surface area contributed by atoms with Gasteiger partial charge in [-0.15, -0.1) is 11.3 Å². The van der Waals surface area contributed by atoms with Crippen LogP contribution in [0.15, 0.2) is 23.6 Å². The first kappa shape index (κ1) is 13.8. The smallest absolute Gasteiger partial charge is 0.256 e. The van der Waals surface area contributed by atoms with E-state index in [4.69, 9.17) is 11.6 Å². The van der Waals surface area contributed by atoms with Gasteiger partial charge in [-0.25, -0.2) is 0 Å². The van der Waals surface area contributed by atoms with Crippen LogP contribution in [0, 0.1) is 2.88 Å². The van der Waals surface area contributed by atoms with Crippen LogP contribution in [0.25, 0.3) is 0 Å². The number of fused-ring (bicyclic) bond motifs is 1. The molecule has 0 spiro atoms. The Bertz CT molecular complexity index is 729. The van der Waals surface area contributed by atoms with E-state index in [1.807, 2.05) is 6.07 Å². The standard InChI is InChI=1S/C13H8ClIN2O2S/c14-8-4-9-6(3-12(18)16-9)1-10(8)17-13(19)7-2-11(15)20-5-7/h1-2,4-5H,3H2,(H,16,18)(H,17,19). The average Bonchev–Trinajstić information content (AvgIpc) is 2.95. The maximum Gasteiger partial charge on any atom is 0.256 e. The molecule has 1 aromatic carbocycles. The molecule has 0 atom stereocenters. The van der Waals surface area contributed by atoms with Gasteiger partial charge in [0.05, 0.1) is 25.6 Å². The van der Waals surface area contributed by atoms with Crippen molar-refractivity contribution in [2.75, 3.05) is 10.6 Å². The van der Waals surface area contributed by atoms with Crippen molar-refractivity contribution in [1.82, 2.24) is 0 Å². The summed E-state index contributed by atoms with van der Waals surface area (Å²) in [5.41, 5.74) is 2.68. The van der Waals surface area contributed by atoms with Crippen LogP contribution in [0.2, 0.25) is 5.02 Å². The Hall–Kier alpha value is -1.12. The topological polar surface area (TPSA) is 58.2 Å². The first-order valence-electron chi connectivity index (χ1n) is 5.70. The molecule has 1 aliphatic heterocycles. The number of hydrogen-bond donors (Lipinski definition) is 2. The van der Waals surface area contributed by atoms with Crippen LogP contribution in [0.1, 0.15) is 15.9 Å². The Balaban J connectivity index is 1.86. The average molecular weight is 419 g/mol. The number of thiophene rings is 1. The predicted octanol–water partition coefficient (Wildman–Crippen LogP) is 3.75. The van der Waals surface area contributed by atoms with Gasteiger partial charge in [0.2, 0.25) is 5.91 Å². The number of carbonyl (C=O) groups is 2. The third kappa shape index (κ3) is 2.68. The van der Waals surface area contributed by atoms with E-state index in [1.54, 1.807) is 17.5 Å². The lowest BCUT2D eigenvalue weighted by atomic mass is 10.1. The molecule has 0 bridgehead atoms. The van der Waals surface area contributed by atoms with Crippen LogP contribution >= 0.6 is 45.5 Å². The Morgan fingerprint density at radius 1 is 1.40 bits per heavy atom. The van der Waals surface area contributed by atoms with Crippen LogP contribution in [0.5, 0.6) is 0 Å². The van der Waals surface area contributed by atoms with Crippen molar-refractivity contribution in [3.63, 3.8) is 0 Å². The number of hydrogen-bond acceptors (Lipinski definition) is 3. The Morgan fingerprint density at radius 3 is 2.90 bits per heavy atom. The molecule has 2 aromatic rings. The fourth-order valence-corrected chi connectivity index (χ4v) is 3.50. The van der Waals surface area contributed by atoms with E-state index in [9.17, 15) is 9.59 Å². The summed E-state index contributed by atoms with van der Waals surface area (Å²) in [6.45, 7) is 0. The zero-order valence-electron chi connectivity index (χ0n) is 10.00. The Morgan fingerprint density at radius 2 is 2.20 bits per heavy atom. The van der Waals surface area contributed by atoms with Crippen LogP contribution < -0.4 is 10.6 Å². The van der Waals surface area contributed by atoms with Crippen LogP contribution in [-0.2, 0) is 11.2 Å². The van der Waals surface area contributed by atoms with Gasteiger partial charge in [-0.05, 0) is 46.4 Å². The molecule has 20 heavy (non-hydrogen) atoms. The summed E-state index contributed by atoms with van der Waals surface area (Å²) in [6.07, 6.45) is 0.311. The summed E-state index contributed by atoms with van der Waals surface area (Å²) in [6, 6.07) is 5.21. The van der Waals surface area contributed by atoms with Crippen molar-refractivity contribution in [1.29, 1.82) is 0 Å². The molecule has 2 N–H and O–H groups in total. The zero-order chi connectivity index (χ0) is 14.3. The second kappa shape index (κ2) is 5.34. The van der Waals surface area contributed by atoms with E-state index >= 15 is 0 Å². The van der Waals surface area contributed by atoms with E-state index in [-0.39, 0.29) is 11.8 Å². The highest BCUT2D eigenvalue weighted by Crippen LogP contribution is 2.33. The lowest BCUT2D eigenvalue weighted by Crippen LogP contribution is -2.11. The summed E-state index contributed by atoms with van der Waals surface area (Å²) in [7, 11) is 0. The predicted molar refractivity (Wildman–Crippen MR) is 88.8 cm³/mol. The highest BCUT2D eigenvalue weighted by Gasteiger charge is 2.20. The van der Waals surface area contributed by atoms with Crippen molar-refractivity contribution >= 4 is 68.7 Å². The number of amides is 2. The molecular formula is C13H8ClIN2O2S. The number of benzene rings is 1. The molecule has 3 rings (SSSR count). The fraction of sp³-hybridized carbons (Fsp3) is 0.0769. The molecule has 1 aliphatic rings. The minimum absolute atomic E-state index is 0.0630. The van der Waals surface area contributed by atoms with E-state index in [0.29, 0.717) is 28.4 Å². The third-order valence-electron chi connectivity index (χ3n) is 2.90. The lowest BCUT2D eigenvalue weighted by Gasteiger charge is -2.08. The van der Waals surface area contributed by atoms with Crippen molar-refractivity contribution in [3.05, 3.63) is 42.6 Å². The van der Waals surface area contributed by atoms with E-state index in [0.717, 1.165) is 8.45 Å². The third-order valence-corrected chi connectivity index (χ3v) is 5.00. The molecule has 102 valence electrons. The first-order valence-corrected chi connectivity index (χ1v) is 8.04. The molecule has 7 heteroatoms. The summed E-state index contributed by atoms with van der Waals surface area (Å²) in [5.74, 6) is -0.268. The van der Waals surface area contributed by atoms with Gasteiger partial charge in [0, 0.05) is 11.1 Å². The molecule has 2 heterocycles. The first-order chi connectivity index (χ1) is 9.52. The lowest BCUT2D eigenvalue weighted by molar-refractivity contribution is -0.115. The second-order valence-electron chi connectivity index (χ2n) is 4.31. The molecule has 0 radical (unpaired) electrons. The zero-order valence-corrected chi connectivity index (χ0v) is 13.7. The van der Waals surface area contributed by atoms with Gasteiger partial charge in [-0.3, -0.25) is 9.59 Å². The van der Waals surface area contributed by atoms with Crippen molar-refractivity contribution in [3.8, 4) is 0 Å². The van der Waals surface area contributed by atoms with Gasteiger partial charge in [-0.2, -0.15) is 0 Å². The minimum atomic E-state index is -0.205. The van der Waals surface area contributed by atoms with E-state index < -0.39 is 0 Å². The fourth-order valence-electron chi connectivity index (χ4n) is 1.97. The number of rotatable bonds is 2. The van der Waals surface area contributed by atoms with Gasteiger partial charge in [-0.1, -0.05) is 11.6 Å². The van der Waals surface area contributed by atoms with Crippen LogP contribution in [0.3, 0.4) is 0 Å².